The second kappa shape index (κ2) is 7.78. The highest BCUT2D eigenvalue weighted by Crippen LogP contribution is 2.17. The van der Waals surface area contributed by atoms with Crippen molar-refractivity contribution in [2.75, 3.05) is 13.1 Å². The third kappa shape index (κ3) is 11.0. The summed E-state index contributed by atoms with van der Waals surface area (Å²) in [7, 11) is 0. The summed E-state index contributed by atoms with van der Waals surface area (Å²) in [4.78, 5) is 21.3. The van der Waals surface area contributed by atoms with Crippen molar-refractivity contribution in [3.8, 4) is 0 Å². The summed E-state index contributed by atoms with van der Waals surface area (Å²) >= 11 is 0. The fraction of sp³-hybridized carbons (Fsp3) is 0.800. The molecule has 0 aliphatic carbocycles. The molecule has 0 aromatic heterocycles. The van der Waals surface area contributed by atoms with E-state index in [0.29, 0.717) is 6.42 Å². The Kier molecular flexibility index (Phi) is 7.14. The molecule has 0 aromatic rings. The Balaban J connectivity index is 3.61. The lowest BCUT2D eigenvalue weighted by molar-refractivity contribution is -0.137. The topological polar surface area (TPSA) is 78.4 Å². The molecule has 1 atom stereocenters. The van der Waals surface area contributed by atoms with Crippen molar-refractivity contribution in [3.63, 3.8) is 0 Å². The van der Waals surface area contributed by atoms with Gasteiger partial charge in [0.2, 0.25) is 0 Å². The molecular formula is C10H17F3N2O3. The summed E-state index contributed by atoms with van der Waals surface area (Å²) in [5.74, 6) is -0.967. The van der Waals surface area contributed by atoms with Gasteiger partial charge in [0.05, 0.1) is 6.42 Å². The maximum Gasteiger partial charge on any atom is 0.390 e. The first-order valence-corrected chi connectivity index (χ1v) is 5.51. The lowest BCUT2D eigenvalue weighted by atomic mass is 10.1. The zero-order valence-electron chi connectivity index (χ0n) is 10.0. The Hall–Kier alpha value is -1.47. The molecule has 1 unspecified atom stereocenters. The first-order chi connectivity index (χ1) is 8.20. The number of carboxylic acids is 1. The molecule has 3 N–H and O–H groups in total. The van der Waals surface area contributed by atoms with Gasteiger partial charge in [0, 0.05) is 19.5 Å². The predicted octanol–water partition coefficient (Wildman–Crippen LogP) is 1.74. The Bertz CT molecular complexity index is 282. The van der Waals surface area contributed by atoms with E-state index in [2.05, 4.69) is 10.6 Å². The van der Waals surface area contributed by atoms with Crippen molar-refractivity contribution in [1.29, 1.82) is 0 Å². The van der Waals surface area contributed by atoms with Crippen LogP contribution in [0.1, 0.15) is 26.2 Å². The van der Waals surface area contributed by atoms with Crippen LogP contribution in [0, 0.1) is 5.92 Å². The summed E-state index contributed by atoms with van der Waals surface area (Å²) in [6.45, 7) is 1.50. The third-order valence-electron chi connectivity index (χ3n) is 2.16. The van der Waals surface area contributed by atoms with Crippen LogP contribution in [0.3, 0.4) is 0 Å². The smallest absolute Gasteiger partial charge is 0.390 e. The highest BCUT2D eigenvalue weighted by molar-refractivity contribution is 5.73. The predicted molar refractivity (Wildman–Crippen MR) is 58.1 cm³/mol. The molecular weight excluding hydrogens is 253 g/mol. The standard InChI is InChI=1S/C10H17F3N2O3/c1-7(2-3-8(16)17)6-15-9(18)14-5-4-10(11,12)13/h7H,2-6H2,1H3,(H,16,17)(H2,14,15,18). The number of halogens is 3. The number of alkyl halides is 3. The molecule has 18 heavy (non-hydrogen) atoms. The monoisotopic (exact) mass is 270 g/mol. The van der Waals surface area contributed by atoms with E-state index in [0.717, 1.165) is 0 Å². The van der Waals surface area contributed by atoms with Crippen LogP contribution in [-0.4, -0.2) is 36.4 Å². The number of urea groups is 1. The van der Waals surface area contributed by atoms with Crippen LogP contribution in [0.5, 0.6) is 0 Å². The van der Waals surface area contributed by atoms with Crippen molar-refractivity contribution in [3.05, 3.63) is 0 Å². The number of hydrogen-bond acceptors (Lipinski definition) is 2. The Morgan fingerprint density at radius 3 is 2.39 bits per heavy atom. The van der Waals surface area contributed by atoms with E-state index in [1.807, 2.05) is 0 Å². The third-order valence-corrected chi connectivity index (χ3v) is 2.16. The van der Waals surface area contributed by atoms with E-state index in [1.165, 1.54) is 0 Å². The van der Waals surface area contributed by atoms with Crippen LogP contribution in [0.2, 0.25) is 0 Å². The lowest BCUT2D eigenvalue weighted by Gasteiger charge is -2.12. The molecule has 5 nitrogen and oxygen atoms in total. The molecule has 0 fully saturated rings. The molecule has 0 spiro atoms. The highest BCUT2D eigenvalue weighted by Gasteiger charge is 2.26. The number of aliphatic carboxylic acids is 1. The molecule has 0 saturated heterocycles. The Morgan fingerprint density at radius 1 is 1.28 bits per heavy atom. The molecule has 0 rings (SSSR count). The fourth-order valence-corrected chi connectivity index (χ4v) is 1.12. The molecule has 0 heterocycles. The van der Waals surface area contributed by atoms with Gasteiger partial charge < -0.3 is 15.7 Å². The van der Waals surface area contributed by atoms with E-state index in [1.54, 1.807) is 6.92 Å². The zero-order valence-corrected chi connectivity index (χ0v) is 10.0. The van der Waals surface area contributed by atoms with Gasteiger partial charge in [-0.25, -0.2) is 4.79 Å². The first-order valence-electron chi connectivity index (χ1n) is 5.51. The van der Waals surface area contributed by atoms with Crippen molar-refractivity contribution in [1.82, 2.24) is 10.6 Å². The summed E-state index contributed by atoms with van der Waals surface area (Å²) in [6.07, 6.45) is -4.96. The van der Waals surface area contributed by atoms with E-state index < -0.39 is 31.1 Å². The molecule has 0 aromatic carbocycles. The molecule has 0 saturated carbocycles. The zero-order chi connectivity index (χ0) is 14.2. The second-order valence-electron chi connectivity index (χ2n) is 4.04. The second-order valence-corrected chi connectivity index (χ2v) is 4.04. The van der Waals surface area contributed by atoms with Crippen LogP contribution in [0.25, 0.3) is 0 Å². The van der Waals surface area contributed by atoms with Gasteiger partial charge in [0.1, 0.15) is 0 Å². The van der Waals surface area contributed by atoms with Crippen LogP contribution in [0.15, 0.2) is 0 Å². The number of amides is 2. The van der Waals surface area contributed by atoms with E-state index in [-0.39, 0.29) is 18.9 Å². The van der Waals surface area contributed by atoms with Gasteiger partial charge in [-0.05, 0) is 12.3 Å². The van der Waals surface area contributed by atoms with Gasteiger partial charge >= 0.3 is 18.2 Å². The Morgan fingerprint density at radius 2 is 1.89 bits per heavy atom. The quantitative estimate of drug-likeness (QED) is 0.659. The van der Waals surface area contributed by atoms with Gasteiger partial charge in [0.25, 0.3) is 0 Å². The number of hydrogen-bond donors (Lipinski definition) is 3. The van der Waals surface area contributed by atoms with Crippen LogP contribution in [-0.2, 0) is 4.79 Å². The molecule has 0 aliphatic rings. The first kappa shape index (κ1) is 16.5. The molecule has 106 valence electrons. The van der Waals surface area contributed by atoms with E-state index in [9.17, 15) is 22.8 Å². The van der Waals surface area contributed by atoms with E-state index >= 15 is 0 Å². The van der Waals surface area contributed by atoms with Crippen molar-refractivity contribution in [2.45, 2.75) is 32.4 Å². The van der Waals surface area contributed by atoms with E-state index in [4.69, 9.17) is 5.11 Å². The maximum atomic E-state index is 11.8. The number of carboxylic acid groups (broad SMARTS) is 1. The minimum absolute atomic E-state index is 0.00145. The lowest BCUT2D eigenvalue weighted by Crippen LogP contribution is -2.39. The highest BCUT2D eigenvalue weighted by atomic mass is 19.4. The largest absolute Gasteiger partial charge is 0.481 e. The summed E-state index contributed by atoms with van der Waals surface area (Å²) in [5, 5.41) is 12.9. The number of carbonyl (C=O) groups is 2. The van der Waals surface area contributed by atoms with Crippen molar-refractivity contribution >= 4 is 12.0 Å². The van der Waals surface area contributed by atoms with Gasteiger partial charge in [-0.1, -0.05) is 6.92 Å². The molecule has 8 heteroatoms. The average molecular weight is 270 g/mol. The number of carbonyl (C=O) groups excluding carboxylic acids is 1. The Labute approximate surface area is 103 Å². The van der Waals surface area contributed by atoms with Crippen LogP contribution < -0.4 is 10.6 Å². The van der Waals surface area contributed by atoms with Crippen LogP contribution in [0.4, 0.5) is 18.0 Å². The minimum Gasteiger partial charge on any atom is -0.481 e. The minimum atomic E-state index is -4.29. The summed E-state index contributed by atoms with van der Waals surface area (Å²) < 4.78 is 35.3. The summed E-state index contributed by atoms with van der Waals surface area (Å²) in [5.41, 5.74) is 0. The summed E-state index contributed by atoms with van der Waals surface area (Å²) in [6, 6.07) is -0.679. The van der Waals surface area contributed by atoms with Gasteiger partial charge in [0.15, 0.2) is 0 Å². The number of rotatable bonds is 7. The van der Waals surface area contributed by atoms with Crippen LogP contribution >= 0.6 is 0 Å². The average Bonchev–Trinajstić information content (AvgIpc) is 2.21. The molecule has 0 bridgehead atoms. The van der Waals surface area contributed by atoms with Gasteiger partial charge in [-0.3, -0.25) is 4.79 Å². The van der Waals surface area contributed by atoms with Crippen molar-refractivity contribution in [2.24, 2.45) is 5.92 Å². The maximum absolute atomic E-state index is 11.8. The molecule has 2 amide bonds. The number of nitrogens with one attached hydrogen (secondary N) is 2. The van der Waals surface area contributed by atoms with Gasteiger partial charge in [-0.15, -0.1) is 0 Å². The van der Waals surface area contributed by atoms with Crippen molar-refractivity contribution < 1.29 is 27.9 Å². The molecule has 0 aliphatic heterocycles. The SMILES string of the molecule is CC(CCC(=O)O)CNC(=O)NCCC(F)(F)F. The molecule has 0 radical (unpaired) electrons. The van der Waals surface area contributed by atoms with Gasteiger partial charge in [-0.2, -0.15) is 13.2 Å². The fourth-order valence-electron chi connectivity index (χ4n) is 1.12. The normalized spacial score (nSPS) is 12.9.